The molecule has 2 aromatic carbocycles. The van der Waals surface area contributed by atoms with Crippen LogP contribution in [0.1, 0.15) is 16.7 Å². The van der Waals surface area contributed by atoms with Crippen LogP contribution in [-0.4, -0.2) is 49.7 Å². The Morgan fingerprint density at radius 1 is 1.13 bits per heavy atom. The van der Waals surface area contributed by atoms with E-state index in [-0.39, 0.29) is 17.2 Å². The molecule has 1 aliphatic heterocycles. The van der Waals surface area contributed by atoms with Crippen LogP contribution in [0.15, 0.2) is 30.3 Å². The zero-order chi connectivity index (χ0) is 21.8. The summed E-state index contributed by atoms with van der Waals surface area (Å²) in [6.45, 7) is 4.46. The highest BCUT2D eigenvalue weighted by Crippen LogP contribution is 2.36. The summed E-state index contributed by atoms with van der Waals surface area (Å²) in [6, 6.07) is 8.65. The standard InChI is InChI=1S/C21H25F2N3O4/c1-14-5-4-6-17(15(14)2)25-9-7-24(8-10-25)13-16-11-19(29-3)20(30-21(22)23)12-18(16)26(27)28/h4-6,11-12,21H,7-10,13H2,1-3H3. The van der Waals surface area contributed by atoms with Crippen molar-refractivity contribution in [1.29, 1.82) is 0 Å². The van der Waals surface area contributed by atoms with Gasteiger partial charge < -0.3 is 14.4 Å². The van der Waals surface area contributed by atoms with E-state index < -0.39 is 11.5 Å². The van der Waals surface area contributed by atoms with Crippen LogP contribution in [0.4, 0.5) is 20.2 Å². The van der Waals surface area contributed by atoms with Crippen molar-refractivity contribution in [3.63, 3.8) is 0 Å². The highest BCUT2D eigenvalue weighted by Gasteiger charge is 2.25. The number of hydrogen-bond donors (Lipinski definition) is 0. The second-order valence-corrected chi connectivity index (χ2v) is 7.25. The molecule has 3 rings (SSSR count). The number of anilines is 1. The Kier molecular flexibility index (Phi) is 6.71. The molecule has 0 aromatic heterocycles. The number of nitrogens with zero attached hydrogens (tertiary/aromatic N) is 3. The third-order valence-electron chi connectivity index (χ3n) is 5.46. The third kappa shape index (κ3) is 4.79. The van der Waals surface area contributed by atoms with Gasteiger partial charge in [0.05, 0.1) is 18.1 Å². The molecule has 1 heterocycles. The Bertz CT molecular complexity index is 915. The molecule has 1 aliphatic rings. The third-order valence-corrected chi connectivity index (χ3v) is 5.46. The van der Waals surface area contributed by atoms with Crippen LogP contribution in [0.25, 0.3) is 0 Å². The van der Waals surface area contributed by atoms with Gasteiger partial charge >= 0.3 is 6.61 Å². The lowest BCUT2D eigenvalue weighted by atomic mass is 10.1. The topological polar surface area (TPSA) is 68.1 Å². The fourth-order valence-corrected chi connectivity index (χ4v) is 3.70. The maximum atomic E-state index is 12.6. The van der Waals surface area contributed by atoms with E-state index in [0.29, 0.717) is 12.1 Å². The van der Waals surface area contributed by atoms with Gasteiger partial charge in [-0.15, -0.1) is 0 Å². The van der Waals surface area contributed by atoms with E-state index in [9.17, 15) is 18.9 Å². The summed E-state index contributed by atoms with van der Waals surface area (Å²) in [5.74, 6) is -0.299. The number of alkyl halides is 2. The number of nitro groups is 1. The first-order valence-electron chi connectivity index (χ1n) is 9.63. The Balaban J connectivity index is 1.75. The minimum absolute atomic E-state index is 0.0462. The van der Waals surface area contributed by atoms with Gasteiger partial charge in [0.2, 0.25) is 0 Å². The molecule has 0 spiro atoms. The van der Waals surface area contributed by atoms with Crippen LogP contribution < -0.4 is 14.4 Å². The molecular formula is C21H25F2N3O4. The maximum absolute atomic E-state index is 12.6. The SMILES string of the molecule is COc1cc(CN2CCN(c3cccc(C)c3C)CC2)c([N+](=O)[O-])cc1OC(F)F. The monoisotopic (exact) mass is 421 g/mol. The van der Waals surface area contributed by atoms with Gasteiger partial charge in [-0.25, -0.2) is 0 Å². The first kappa shape index (κ1) is 21.8. The van der Waals surface area contributed by atoms with Gasteiger partial charge in [-0.05, 0) is 37.1 Å². The lowest BCUT2D eigenvalue weighted by Crippen LogP contribution is -2.46. The van der Waals surface area contributed by atoms with Gasteiger partial charge in [0.1, 0.15) is 0 Å². The smallest absolute Gasteiger partial charge is 0.387 e. The zero-order valence-electron chi connectivity index (χ0n) is 17.2. The molecular weight excluding hydrogens is 396 g/mol. The average molecular weight is 421 g/mol. The molecule has 0 atom stereocenters. The van der Waals surface area contributed by atoms with E-state index in [1.165, 1.54) is 30.0 Å². The molecule has 162 valence electrons. The molecule has 9 heteroatoms. The molecule has 1 fully saturated rings. The minimum Gasteiger partial charge on any atom is -0.493 e. The van der Waals surface area contributed by atoms with Crippen LogP contribution in [0, 0.1) is 24.0 Å². The zero-order valence-corrected chi connectivity index (χ0v) is 17.2. The van der Waals surface area contributed by atoms with E-state index in [4.69, 9.17) is 4.74 Å². The van der Waals surface area contributed by atoms with Gasteiger partial charge in [-0.2, -0.15) is 8.78 Å². The van der Waals surface area contributed by atoms with Gasteiger partial charge in [-0.3, -0.25) is 15.0 Å². The molecule has 0 N–H and O–H groups in total. The quantitative estimate of drug-likeness (QED) is 0.494. The summed E-state index contributed by atoms with van der Waals surface area (Å²) in [7, 11) is 1.31. The van der Waals surface area contributed by atoms with Crippen molar-refractivity contribution < 1.29 is 23.2 Å². The van der Waals surface area contributed by atoms with Gasteiger partial charge in [0, 0.05) is 44.0 Å². The molecule has 0 aliphatic carbocycles. The first-order valence-corrected chi connectivity index (χ1v) is 9.63. The number of aryl methyl sites for hydroxylation is 1. The van der Waals surface area contributed by atoms with E-state index in [2.05, 4.69) is 40.5 Å². The van der Waals surface area contributed by atoms with E-state index in [0.717, 1.165) is 32.2 Å². The molecule has 0 saturated carbocycles. The Labute approximate surface area is 173 Å². The Hall–Kier alpha value is -2.94. The van der Waals surface area contributed by atoms with Crippen LogP contribution in [0.5, 0.6) is 11.5 Å². The van der Waals surface area contributed by atoms with E-state index in [1.807, 2.05) is 6.07 Å². The molecule has 0 unspecified atom stereocenters. The van der Waals surface area contributed by atoms with Crippen molar-refractivity contribution in [2.45, 2.75) is 27.0 Å². The molecule has 0 amide bonds. The number of hydrogen-bond acceptors (Lipinski definition) is 6. The van der Waals surface area contributed by atoms with Crippen LogP contribution in [0.2, 0.25) is 0 Å². The summed E-state index contributed by atoms with van der Waals surface area (Å²) in [6.07, 6.45) is 0. The lowest BCUT2D eigenvalue weighted by Gasteiger charge is -2.37. The number of benzene rings is 2. The largest absolute Gasteiger partial charge is 0.493 e. The van der Waals surface area contributed by atoms with E-state index in [1.54, 1.807) is 0 Å². The number of nitro benzene ring substituents is 1. The van der Waals surface area contributed by atoms with Crippen molar-refractivity contribution in [2.75, 3.05) is 38.2 Å². The highest BCUT2D eigenvalue weighted by molar-refractivity contribution is 5.57. The predicted octanol–water partition coefficient (Wildman–Crippen LogP) is 4.14. The summed E-state index contributed by atoms with van der Waals surface area (Å²) in [5.41, 5.74) is 3.84. The van der Waals surface area contributed by atoms with Crippen LogP contribution >= 0.6 is 0 Å². The highest BCUT2D eigenvalue weighted by atomic mass is 19.3. The predicted molar refractivity (Wildman–Crippen MR) is 110 cm³/mol. The van der Waals surface area contributed by atoms with Crippen molar-refractivity contribution in [3.05, 3.63) is 57.1 Å². The summed E-state index contributed by atoms with van der Waals surface area (Å²) in [4.78, 5) is 15.3. The second-order valence-electron chi connectivity index (χ2n) is 7.25. The van der Waals surface area contributed by atoms with Gasteiger partial charge in [-0.1, -0.05) is 12.1 Å². The summed E-state index contributed by atoms with van der Waals surface area (Å²) >= 11 is 0. The number of methoxy groups -OCH3 is 1. The average Bonchev–Trinajstić information content (AvgIpc) is 2.71. The maximum Gasteiger partial charge on any atom is 0.387 e. The number of ether oxygens (including phenoxy) is 2. The Morgan fingerprint density at radius 3 is 2.43 bits per heavy atom. The lowest BCUT2D eigenvalue weighted by molar-refractivity contribution is -0.385. The van der Waals surface area contributed by atoms with Gasteiger partial charge in [0.25, 0.3) is 5.69 Å². The van der Waals surface area contributed by atoms with E-state index >= 15 is 0 Å². The molecule has 0 radical (unpaired) electrons. The molecule has 1 saturated heterocycles. The normalized spacial score (nSPS) is 14.8. The molecule has 2 aromatic rings. The van der Waals surface area contributed by atoms with Crippen molar-refractivity contribution in [2.24, 2.45) is 0 Å². The first-order chi connectivity index (χ1) is 14.3. The molecule has 0 bridgehead atoms. The van der Waals surface area contributed by atoms with Crippen molar-refractivity contribution in [3.8, 4) is 11.5 Å². The number of halogens is 2. The number of piperazine rings is 1. The minimum atomic E-state index is -3.09. The van der Waals surface area contributed by atoms with Crippen molar-refractivity contribution in [1.82, 2.24) is 4.90 Å². The molecule has 30 heavy (non-hydrogen) atoms. The van der Waals surface area contributed by atoms with Crippen molar-refractivity contribution >= 4 is 11.4 Å². The fraction of sp³-hybridized carbons (Fsp3) is 0.429. The summed E-state index contributed by atoms with van der Waals surface area (Å²) in [5, 5.41) is 11.5. The van der Waals surface area contributed by atoms with Gasteiger partial charge in [0.15, 0.2) is 11.5 Å². The fourth-order valence-electron chi connectivity index (χ4n) is 3.70. The van der Waals surface area contributed by atoms with Crippen LogP contribution in [-0.2, 0) is 6.54 Å². The van der Waals surface area contributed by atoms with Crippen LogP contribution in [0.3, 0.4) is 0 Å². The molecule has 7 nitrogen and oxygen atoms in total. The number of rotatable bonds is 7. The Morgan fingerprint density at radius 2 is 1.83 bits per heavy atom. The second kappa shape index (κ2) is 9.25. The summed E-state index contributed by atoms with van der Waals surface area (Å²) < 4.78 is 34.7.